The van der Waals surface area contributed by atoms with Crippen LogP contribution in [0.1, 0.15) is 26.6 Å². The van der Waals surface area contributed by atoms with Crippen LogP contribution in [0.2, 0.25) is 0 Å². The number of ether oxygens (including phenoxy) is 1. The first-order valence-electron chi connectivity index (χ1n) is 7.04. The van der Waals surface area contributed by atoms with Crippen molar-refractivity contribution in [2.45, 2.75) is 20.1 Å². The van der Waals surface area contributed by atoms with E-state index in [1.54, 1.807) is 35.6 Å². The third-order valence-electron chi connectivity index (χ3n) is 3.24. The Bertz CT molecular complexity index is 767. The number of carbonyl (C=O) groups is 1. The van der Waals surface area contributed by atoms with E-state index in [4.69, 9.17) is 4.74 Å². The molecule has 3 rings (SSSR count). The van der Waals surface area contributed by atoms with E-state index in [1.165, 1.54) is 11.7 Å². The second kappa shape index (κ2) is 7.34. The minimum absolute atomic E-state index is 0.0931. The lowest BCUT2D eigenvalue weighted by atomic mass is 10.2. The highest BCUT2D eigenvalue weighted by Gasteiger charge is 2.07. The van der Waals surface area contributed by atoms with Crippen molar-refractivity contribution in [3.8, 4) is 5.75 Å². The molecule has 2 aromatic heterocycles. The van der Waals surface area contributed by atoms with Crippen LogP contribution in [-0.2, 0) is 13.2 Å². The van der Waals surface area contributed by atoms with Crippen molar-refractivity contribution in [1.29, 1.82) is 0 Å². The zero-order valence-electron chi connectivity index (χ0n) is 12.5. The molecule has 0 unspecified atom stereocenters. The summed E-state index contributed by atoms with van der Waals surface area (Å²) < 4.78 is 13.9. The highest BCUT2D eigenvalue weighted by molar-refractivity contribution is 7.09. The number of nitrogens with zero attached hydrogens (tertiary/aromatic N) is 2. The van der Waals surface area contributed by atoms with E-state index < -0.39 is 0 Å². The van der Waals surface area contributed by atoms with E-state index in [0.29, 0.717) is 24.5 Å². The maximum Gasteiger partial charge on any atom is 0.251 e. The van der Waals surface area contributed by atoms with Gasteiger partial charge in [-0.25, -0.2) is 0 Å². The van der Waals surface area contributed by atoms with Crippen molar-refractivity contribution in [2.75, 3.05) is 0 Å². The van der Waals surface area contributed by atoms with Gasteiger partial charge in [0.05, 0.1) is 24.0 Å². The monoisotopic (exact) mass is 345 g/mol. The summed E-state index contributed by atoms with van der Waals surface area (Å²) in [6, 6.07) is 11.1. The Kier molecular flexibility index (Phi) is 4.99. The van der Waals surface area contributed by atoms with E-state index in [0.717, 1.165) is 16.3 Å². The Hall–Kier alpha value is -2.25. The molecule has 1 amide bonds. The Morgan fingerprint density at radius 2 is 2.04 bits per heavy atom. The predicted molar refractivity (Wildman–Crippen MR) is 90.9 cm³/mol. The molecule has 0 spiro atoms. The molecule has 0 bridgehead atoms. The van der Waals surface area contributed by atoms with Crippen LogP contribution >= 0.6 is 23.1 Å². The molecule has 0 radical (unpaired) electrons. The number of benzene rings is 1. The number of nitrogens with one attached hydrogen (secondary N) is 1. The van der Waals surface area contributed by atoms with Crippen LogP contribution in [0.4, 0.5) is 0 Å². The number of aromatic nitrogens is 2. The van der Waals surface area contributed by atoms with Crippen molar-refractivity contribution in [1.82, 2.24) is 14.1 Å². The molecule has 0 saturated carbocycles. The fourth-order valence-corrected chi connectivity index (χ4v) is 3.11. The van der Waals surface area contributed by atoms with Gasteiger partial charge >= 0.3 is 0 Å². The molecule has 118 valence electrons. The molecule has 0 aliphatic carbocycles. The van der Waals surface area contributed by atoms with Gasteiger partial charge in [0, 0.05) is 10.4 Å². The molecule has 7 heteroatoms. The number of hydrogen-bond donors (Lipinski definition) is 1. The van der Waals surface area contributed by atoms with Crippen LogP contribution in [0.5, 0.6) is 5.75 Å². The van der Waals surface area contributed by atoms with Gasteiger partial charge in [-0.05, 0) is 42.6 Å². The van der Waals surface area contributed by atoms with Crippen molar-refractivity contribution >= 4 is 29.0 Å². The van der Waals surface area contributed by atoms with Gasteiger partial charge in [-0.2, -0.15) is 8.75 Å². The van der Waals surface area contributed by atoms with Gasteiger partial charge in [-0.15, -0.1) is 11.3 Å². The highest BCUT2D eigenvalue weighted by atomic mass is 32.1. The van der Waals surface area contributed by atoms with Crippen LogP contribution < -0.4 is 10.1 Å². The molecule has 1 N–H and O–H groups in total. The largest absolute Gasteiger partial charge is 0.487 e. The van der Waals surface area contributed by atoms with E-state index in [-0.39, 0.29) is 5.91 Å². The normalized spacial score (nSPS) is 10.5. The third kappa shape index (κ3) is 4.14. The van der Waals surface area contributed by atoms with Gasteiger partial charge in [0.2, 0.25) is 0 Å². The number of hydrogen-bond acceptors (Lipinski definition) is 6. The Morgan fingerprint density at radius 3 is 2.70 bits per heavy atom. The minimum Gasteiger partial charge on any atom is -0.487 e. The lowest BCUT2D eigenvalue weighted by Crippen LogP contribution is -2.22. The van der Waals surface area contributed by atoms with Crippen molar-refractivity contribution in [2.24, 2.45) is 0 Å². The van der Waals surface area contributed by atoms with Crippen molar-refractivity contribution in [3.05, 3.63) is 63.6 Å². The van der Waals surface area contributed by atoms with E-state index >= 15 is 0 Å². The summed E-state index contributed by atoms with van der Waals surface area (Å²) in [5.74, 6) is 0.608. The summed E-state index contributed by atoms with van der Waals surface area (Å²) in [4.78, 5) is 13.2. The Labute approximate surface area is 142 Å². The van der Waals surface area contributed by atoms with Gasteiger partial charge in [-0.1, -0.05) is 6.07 Å². The molecule has 5 nitrogen and oxygen atoms in total. The molecule has 0 saturated heterocycles. The highest BCUT2D eigenvalue weighted by Crippen LogP contribution is 2.15. The van der Waals surface area contributed by atoms with Crippen LogP contribution in [0.15, 0.2) is 41.8 Å². The zero-order chi connectivity index (χ0) is 16.1. The lowest BCUT2D eigenvalue weighted by molar-refractivity contribution is 0.0951. The summed E-state index contributed by atoms with van der Waals surface area (Å²) >= 11 is 2.80. The van der Waals surface area contributed by atoms with Gasteiger partial charge in [0.1, 0.15) is 18.1 Å². The van der Waals surface area contributed by atoms with Crippen LogP contribution in [0.25, 0.3) is 0 Å². The molecule has 0 fully saturated rings. The summed E-state index contributed by atoms with van der Waals surface area (Å²) in [6.07, 6.45) is 0. The summed E-state index contributed by atoms with van der Waals surface area (Å²) in [5.41, 5.74) is 2.34. The Balaban J connectivity index is 1.54. The predicted octanol–water partition coefficient (Wildman–Crippen LogP) is 3.42. The quantitative estimate of drug-likeness (QED) is 0.743. The number of aryl methyl sites for hydroxylation is 1. The van der Waals surface area contributed by atoms with E-state index in [2.05, 4.69) is 14.1 Å². The smallest absolute Gasteiger partial charge is 0.251 e. The first kappa shape index (κ1) is 15.6. The van der Waals surface area contributed by atoms with E-state index in [1.807, 2.05) is 24.4 Å². The minimum atomic E-state index is -0.0931. The number of carbonyl (C=O) groups excluding carboxylic acids is 1. The average molecular weight is 345 g/mol. The van der Waals surface area contributed by atoms with Crippen LogP contribution in [-0.4, -0.2) is 14.7 Å². The lowest BCUT2D eigenvalue weighted by Gasteiger charge is -2.07. The molecule has 23 heavy (non-hydrogen) atoms. The van der Waals surface area contributed by atoms with Crippen LogP contribution in [0, 0.1) is 6.92 Å². The number of thiophene rings is 1. The summed E-state index contributed by atoms with van der Waals surface area (Å²) in [5, 5.41) is 4.89. The number of amides is 1. The second-order valence-corrected chi connectivity index (χ2v) is 6.43. The topological polar surface area (TPSA) is 64.1 Å². The zero-order valence-corrected chi connectivity index (χ0v) is 14.1. The SMILES string of the molecule is Cc1nsnc1COc1ccc(C(=O)NCc2cccs2)cc1. The van der Waals surface area contributed by atoms with Crippen molar-refractivity contribution < 1.29 is 9.53 Å². The molecule has 0 aliphatic heterocycles. The molecule has 3 aromatic rings. The van der Waals surface area contributed by atoms with E-state index in [9.17, 15) is 4.79 Å². The number of rotatable bonds is 6. The molecule has 1 aromatic carbocycles. The first-order chi connectivity index (χ1) is 11.2. The Morgan fingerprint density at radius 1 is 1.22 bits per heavy atom. The van der Waals surface area contributed by atoms with Gasteiger partial charge in [0.25, 0.3) is 5.91 Å². The molecule has 0 atom stereocenters. The molecule has 2 heterocycles. The van der Waals surface area contributed by atoms with Crippen molar-refractivity contribution in [3.63, 3.8) is 0 Å². The average Bonchev–Trinajstić information content (AvgIpc) is 3.23. The fourth-order valence-electron chi connectivity index (χ4n) is 1.92. The van der Waals surface area contributed by atoms with Gasteiger partial charge < -0.3 is 10.1 Å². The second-order valence-electron chi connectivity index (χ2n) is 4.87. The van der Waals surface area contributed by atoms with Crippen LogP contribution in [0.3, 0.4) is 0 Å². The molecule has 0 aliphatic rings. The molecular weight excluding hydrogens is 330 g/mol. The fraction of sp³-hybridized carbons (Fsp3) is 0.188. The maximum atomic E-state index is 12.1. The maximum absolute atomic E-state index is 12.1. The summed E-state index contributed by atoms with van der Waals surface area (Å²) in [7, 11) is 0. The molecular formula is C16H15N3O2S2. The first-order valence-corrected chi connectivity index (χ1v) is 8.65. The third-order valence-corrected chi connectivity index (χ3v) is 4.78. The van der Waals surface area contributed by atoms with Gasteiger partial charge in [-0.3, -0.25) is 4.79 Å². The van der Waals surface area contributed by atoms with Gasteiger partial charge in [0.15, 0.2) is 0 Å². The summed E-state index contributed by atoms with van der Waals surface area (Å²) in [6.45, 7) is 2.83. The standard InChI is InChI=1S/C16H15N3O2S2/c1-11-15(19-23-18-11)10-21-13-6-4-12(5-7-13)16(20)17-9-14-3-2-8-22-14/h2-8H,9-10H2,1H3,(H,17,20).